The summed E-state index contributed by atoms with van der Waals surface area (Å²) < 4.78 is 42.6. The molecule has 2 heterocycles. The number of hydrogen-bond donors (Lipinski definition) is 4. The fraction of sp³-hybridized carbons (Fsp3) is 0.286. The average molecular weight is 430 g/mol. The van der Waals surface area contributed by atoms with Gasteiger partial charge in [-0.1, -0.05) is 6.07 Å². The van der Waals surface area contributed by atoms with Crippen molar-refractivity contribution in [3.05, 3.63) is 54.0 Å². The Morgan fingerprint density at radius 1 is 1.19 bits per heavy atom. The summed E-state index contributed by atoms with van der Waals surface area (Å²) in [6, 6.07) is 7.44. The van der Waals surface area contributed by atoms with E-state index in [1.54, 1.807) is 24.4 Å². The Hall–Kier alpha value is -3.40. The smallest absolute Gasteiger partial charge is 0.264 e. The molecule has 162 valence electrons. The minimum Gasteiger partial charge on any atom is -0.365 e. The molecule has 1 aliphatic rings. The summed E-state index contributed by atoms with van der Waals surface area (Å²) in [5, 5.41) is 6.42. The number of nitrogens with two attached hydrogens (primary N) is 2. The Morgan fingerprint density at radius 2 is 2.00 bits per heavy atom. The Bertz CT molecular complexity index is 1130. The number of nitrogens with one attached hydrogen (secondary N) is 2. The Kier molecular flexibility index (Phi) is 5.40. The van der Waals surface area contributed by atoms with Crippen LogP contribution < -0.4 is 22.1 Å². The third-order valence-corrected chi connectivity index (χ3v) is 5.41. The van der Waals surface area contributed by atoms with E-state index in [4.69, 9.17) is 11.5 Å². The lowest BCUT2D eigenvalue weighted by Crippen LogP contribution is -2.55. The standard InChI is InChI=1S/C21H21F3N6O/c22-13-10-12(18(26)31)19(28-15-6-1-5-14-11(15)4-3-9-27-14)30-20(13)29-16-7-2-8-21(23,24)17(16)25/h1,3-6,9-10,16-17H,2,7-8,25H2,(H2,26,31)(H2,28,29,30)/t16-,17-/m1/s1. The number of aromatic nitrogens is 2. The Morgan fingerprint density at radius 3 is 2.77 bits per heavy atom. The number of carbonyl (C=O) groups is 1. The number of primary amides is 1. The van der Waals surface area contributed by atoms with E-state index in [-0.39, 0.29) is 30.0 Å². The number of pyridine rings is 2. The van der Waals surface area contributed by atoms with E-state index in [0.717, 1.165) is 11.5 Å². The molecule has 1 saturated carbocycles. The fourth-order valence-electron chi connectivity index (χ4n) is 3.75. The number of halogens is 3. The number of anilines is 3. The van der Waals surface area contributed by atoms with E-state index >= 15 is 0 Å². The molecular formula is C21H21F3N6O. The summed E-state index contributed by atoms with van der Waals surface area (Å²) in [7, 11) is 0. The van der Waals surface area contributed by atoms with Gasteiger partial charge in [0.05, 0.1) is 17.1 Å². The molecule has 2 aromatic heterocycles. The number of carbonyl (C=O) groups excluding carboxylic acids is 1. The molecule has 1 aromatic carbocycles. The van der Waals surface area contributed by atoms with Gasteiger partial charge in [-0.25, -0.2) is 18.2 Å². The van der Waals surface area contributed by atoms with Crippen molar-refractivity contribution >= 4 is 34.1 Å². The number of rotatable bonds is 5. The van der Waals surface area contributed by atoms with Crippen LogP contribution in [-0.4, -0.2) is 33.9 Å². The molecule has 1 aliphatic carbocycles. The molecule has 0 unspecified atom stereocenters. The molecule has 1 fully saturated rings. The van der Waals surface area contributed by atoms with Gasteiger partial charge in [-0.15, -0.1) is 0 Å². The van der Waals surface area contributed by atoms with Crippen LogP contribution in [-0.2, 0) is 0 Å². The zero-order valence-electron chi connectivity index (χ0n) is 16.4. The van der Waals surface area contributed by atoms with Gasteiger partial charge < -0.3 is 22.1 Å². The third kappa shape index (κ3) is 4.11. The van der Waals surface area contributed by atoms with Crippen LogP contribution in [0.4, 0.5) is 30.5 Å². The molecule has 0 bridgehead atoms. The summed E-state index contributed by atoms with van der Waals surface area (Å²) in [5.41, 5.74) is 12.2. The molecule has 0 radical (unpaired) electrons. The van der Waals surface area contributed by atoms with Crippen LogP contribution in [0.25, 0.3) is 10.9 Å². The summed E-state index contributed by atoms with van der Waals surface area (Å²) in [6.07, 6.45) is 1.91. The van der Waals surface area contributed by atoms with Crippen molar-refractivity contribution in [1.82, 2.24) is 9.97 Å². The maximum atomic E-state index is 14.7. The first-order chi connectivity index (χ1) is 14.8. The zero-order valence-corrected chi connectivity index (χ0v) is 16.4. The lowest BCUT2D eigenvalue weighted by atomic mass is 9.87. The van der Waals surface area contributed by atoms with Crippen molar-refractivity contribution in [1.29, 1.82) is 0 Å². The Balaban J connectivity index is 1.71. The molecule has 2 atom stereocenters. The number of hydrogen-bond acceptors (Lipinski definition) is 6. The maximum absolute atomic E-state index is 14.7. The third-order valence-electron chi connectivity index (χ3n) is 5.41. The predicted molar refractivity (Wildman–Crippen MR) is 112 cm³/mol. The molecule has 6 N–H and O–H groups in total. The second-order valence-corrected chi connectivity index (χ2v) is 7.51. The SMILES string of the molecule is NC(=O)c1cc(F)c(N[C@@H]2CCCC(F)(F)[C@@H]2N)nc1Nc1cccc2ncccc12. The van der Waals surface area contributed by atoms with Gasteiger partial charge in [0, 0.05) is 29.7 Å². The highest BCUT2D eigenvalue weighted by Gasteiger charge is 2.45. The normalized spacial score (nSPS) is 20.4. The summed E-state index contributed by atoms with van der Waals surface area (Å²) in [5.74, 6) is -5.14. The predicted octanol–water partition coefficient (Wildman–Crippen LogP) is 3.54. The molecule has 31 heavy (non-hydrogen) atoms. The van der Waals surface area contributed by atoms with Crippen molar-refractivity contribution in [2.75, 3.05) is 10.6 Å². The van der Waals surface area contributed by atoms with Crippen LogP contribution >= 0.6 is 0 Å². The molecule has 7 nitrogen and oxygen atoms in total. The molecule has 4 rings (SSSR count). The van der Waals surface area contributed by atoms with Gasteiger partial charge in [-0.3, -0.25) is 9.78 Å². The van der Waals surface area contributed by atoms with E-state index < -0.39 is 29.7 Å². The maximum Gasteiger partial charge on any atom is 0.264 e. The van der Waals surface area contributed by atoms with E-state index in [1.807, 2.05) is 12.1 Å². The van der Waals surface area contributed by atoms with Gasteiger partial charge in [0.1, 0.15) is 5.82 Å². The first-order valence-electron chi connectivity index (χ1n) is 9.77. The van der Waals surface area contributed by atoms with Crippen LogP contribution in [0.15, 0.2) is 42.6 Å². The van der Waals surface area contributed by atoms with Gasteiger partial charge in [-0.2, -0.15) is 0 Å². The molecule has 0 spiro atoms. The van der Waals surface area contributed by atoms with E-state index in [0.29, 0.717) is 17.6 Å². The monoisotopic (exact) mass is 430 g/mol. The van der Waals surface area contributed by atoms with Crippen LogP contribution in [0.2, 0.25) is 0 Å². The van der Waals surface area contributed by atoms with Crippen molar-refractivity contribution < 1.29 is 18.0 Å². The van der Waals surface area contributed by atoms with Gasteiger partial charge in [0.25, 0.3) is 11.8 Å². The Labute approximate surface area is 176 Å². The van der Waals surface area contributed by atoms with Gasteiger partial charge in [0.15, 0.2) is 11.6 Å². The average Bonchev–Trinajstić information content (AvgIpc) is 2.73. The highest BCUT2D eigenvalue weighted by molar-refractivity contribution is 6.00. The zero-order chi connectivity index (χ0) is 22.2. The van der Waals surface area contributed by atoms with Crippen molar-refractivity contribution in [2.45, 2.75) is 37.3 Å². The lowest BCUT2D eigenvalue weighted by Gasteiger charge is -2.36. The van der Waals surface area contributed by atoms with Crippen LogP contribution in [0, 0.1) is 5.82 Å². The first-order valence-corrected chi connectivity index (χ1v) is 9.77. The van der Waals surface area contributed by atoms with Crippen molar-refractivity contribution in [3.63, 3.8) is 0 Å². The molecule has 0 saturated heterocycles. The van der Waals surface area contributed by atoms with E-state index in [1.165, 1.54) is 0 Å². The highest BCUT2D eigenvalue weighted by atomic mass is 19.3. The number of benzene rings is 1. The van der Waals surface area contributed by atoms with Gasteiger partial charge >= 0.3 is 0 Å². The topological polar surface area (TPSA) is 119 Å². The van der Waals surface area contributed by atoms with Crippen LogP contribution in [0.5, 0.6) is 0 Å². The number of nitrogens with zero attached hydrogens (tertiary/aromatic N) is 2. The summed E-state index contributed by atoms with van der Waals surface area (Å²) in [4.78, 5) is 20.3. The summed E-state index contributed by atoms with van der Waals surface area (Å²) >= 11 is 0. The van der Waals surface area contributed by atoms with Gasteiger partial charge in [0.2, 0.25) is 0 Å². The van der Waals surface area contributed by atoms with Crippen molar-refractivity contribution in [3.8, 4) is 0 Å². The number of alkyl halides is 2. The molecular weight excluding hydrogens is 409 g/mol. The molecule has 10 heteroatoms. The summed E-state index contributed by atoms with van der Waals surface area (Å²) in [6.45, 7) is 0. The molecule has 3 aromatic rings. The molecule has 1 amide bonds. The highest BCUT2D eigenvalue weighted by Crippen LogP contribution is 2.35. The lowest BCUT2D eigenvalue weighted by molar-refractivity contribution is -0.0555. The quantitative estimate of drug-likeness (QED) is 0.492. The van der Waals surface area contributed by atoms with E-state index in [2.05, 4.69) is 20.6 Å². The van der Waals surface area contributed by atoms with Crippen LogP contribution in [0.1, 0.15) is 29.6 Å². The van der Waals surface area contributed by atoms with E-state index in [9.17, 15) is 18.0 Å². The van der Waals surface area contributed by atoms with Crippen LogP contribution in [0.3, 0.4) is 0 Å². The fourth-order valence-corrected chi connectivity index (χ4v) is 3.75. The second kappa shape index (κ2) is 8.03. The van der Waals surface area contributed by atoms with Crippen molar-refractivity contribution in [2.24, 2.45) is 11.5 Å². The van der Waals surface area contributed by atoms with Gasteiger partial charge in [-0.05, 0) is 43.2 Å². The minimum atomic E-state index is -3.06. The molecule has 0 aliphatic heterocycles. The minimum absolute atomic E-state index is 0.0103. The number of amides is 1. The number of fused-ring (bicyclic) bond motifs is 1. The second-order valence-electron chi connectivity index (χ2n) is 7.51. The largest absolute Gasteiger partial charge is 0.365 e. The first kappa shape index (κ1) is 20.9.